The summed E-state index contributed by atoms with van der Waals surface area (Å²) in [5.41, 5.74) is 9.86. The Kier molecular flexibility index (Phi) is 12.9. The Labute approximate surface area is 382 Å². The molecule has 0 bridgehead atoms. The average molecular weight is 839 g/mol. The molecule has 0 fully saturated rings. The molecule has 6 atom stereocenters. The van der Waals surface area contributed by atoms with Gasteiger partial charge in [-0.2, -0.15) is 0 Å². The summed E-state index contributed by atoms with van der Waals surface area (Å²) in [7, 11) is 0. The van der Waals surface area contributed by atoms with E-state index in [2.05, 4.69) is 238 Å². The van der Waals surface area contributed by atoms with Gasteiger partial charge in [0.25, 0.3) is 0 Å². The molecule has 4 aromatic carbocycles. The summed E-state index contributed by atoms with van der Waals surface area (Å²) in [6, 6.07) is 41.9. The van der Waals surface area contributed by atoms with Crippen molar-refractivity contribution >= 4 is 34.1 Å². The van der Waals surface area contributed by atoms with Gasteiger partial charge >= 0.3 is 0 Å². The Balaban J connectivity index is 0.856. The normalized spacial score (nSPS) is 24.6. The summed E-state index contributed by atoms with van der Waals surface area (Å²) in [5.74, 6) is 0.886. The van der Waals surface area contributed by atoms with Crippen molar-refractivity contribution in [2.24, 2.45) is 11.8 Å². The molecule has 64 heavy (non-hydrogen) atoms. The molecule has 0 radical (unpaired) electrons. The second-order valence-corrected chi connectivity index (χ2v) is 18.1. The highest BCUT2D eigenvalue weighted by Gasteiger charge is 2.29. The highest BCUT2D eigenvalue weighted by Crippen LogP contribution is 2.40. The van der Waals surface area contributed by atoms with Crippen molar-refractivity contribution in [3.05, 3.63) is 230 Å². The van der Waals surface area contributed by atoms with Crippen molar-refractivity contribution in [2.75, 3.05) is 19.6 Å². The Morgan fingerprint density at radius 1 is 0.375 bits per heavy atom. The third kappa shape index (κ3) is 9.24. The van der Waals surface area contributed by atoms with E-state index in [4.69, 9.17) is 0 Å². The van der Waals surface area contributed by atoms with E-state index in [1.54, 1.807) is 0 Å². The van der Waals surface area contributed by atoms with Crippen LogP contribution in [0, 0.1) is 11.8 Å². The zero-order chi connectivity index (χ0) is 42.9. The maximum absolute atomic E-state index is 2.74. The predicted octanol–water partition coefficient (Wildman–Crippen LogP) is 15.2. The van der Waals surface area contributed by atoms with Crippen LogP contribution >= 0.6 is 0 Å². The largest absolute Gasteiger partial charge is 0.362 e. The molecule has 322 valence electrons. The van der Waals surface area contributed by atoms with E-state index in [0.29, 0.717) is 23.9 Å². The Hall–Kier alpha value is -6.52. The Bertz CT molecular complexity index is 2500. The monoisotopic (exact) mass is 838 g/mol. The molecule has 0 spiro atoms. The van der Waals surface area contributed by atoms with Crippen LogP contribution in [-0.2, 0) is 0 Å². The van der Waals surface area contributed by atoms with E-state index in [-0.39, 0.29) is 12.1 Å². The Morgan fingerprint density at radius 3 is 1.50 bits per heavy atom. The lowest BCUT2D eigenvalue weighted by molar-refractivity contribution is 0.473. The predicted molar refractivity (Wildman–Crippen MR) is 273 cm³/mol. The van der Waals surface area contributed by atoms with Crippen LogP contribution in [0.4, 0.5) is 34.1 Å². The van der Waals surface area contributed by atoms with Crippen LogP contribution in [0.2, 0.25) is 0 Å². The molecule has 0 N–H and O–H groups in total. The van der Waals surface area contributed by atoms with E-state index >= 15 is 0 Å². The minimum atomic E-state index is 0.268. The molecule has 0 aromatic heterocycles. The van der Waals surface area contributed by atoms with E-state index in [9.17, 15) is 0 Å². The van der Waals surface area contributed by atoms with E-state index < -0.39 is 0 Å². The molecule has 0 saturated carbocycles. The van der Waals surface area contributed by atoms with Crippen molar-refractivity contribution in [3.63, 3.8) is 0 Å². The van der Waals surface area contributed by atoms with E-state index in [1.807, 2.05) is 0 Å². The molecule has 0 amide bonds. The quantitative estimate of drug-likeness (QED) is 0.124. The molecular weight excluding hydrogens is 777 g/mol. The summed E-state index contributed by atoms with van der Waals surface area (Å²) >= 11 is 0. The van der Waals surface area contributed by atoms with Gasteiger partial charge in [0.05, 0.1) is 12.1 Å². The third-order valence-corrected chi connectivity index (χ3v) is 14.0. The highest BCUT2D eigenvalue weighted by molar-refractivity contribution is 5.74. The van der Waals surface area contributed by atoms with Crippen molar-refractivity contribution in [1.82, 2.24) is 0 Å². The van der Waals surface area contributed by atoms with Crippen molar-refractivity contribution in [1.29, 1.82) is 0 Å². The lowest BCUT2D eigenvalue weighted by atomic mass is 9.81. The van der Waals surface area contributed by atoms with E-state index in [0.717, 1.165) is 37.8 Å². The van der Waals surface area contributed by atoms with Gasteiger partial charge in [-0.25, -0.2) is 0 Å². The fourth-order valence-electron chi connectivity index (χ4n) is 10.7. The number of anilines is 6. The van der Waals surface area contributed by atoms with Gasteiger partial charge in [-0.05, 0) is 161 Å². The molecule has 6 aliphatic rings. The average Bonchev–Trinajstić information content (AvgIpc) is 3.38. The molecule has 0 saturated heterocycles. The Morgan fingerprint density at radius 2 is 0.938 bits per heavy atom. The zero-order valence-corrected chi connectivity index (χ0v) is 37.1. The molecule has 5 unspecified atom stereocenters. The summed E-state index contributed by atoms with van der Waals surface area (Å²) in [6.07, 6.45) is 53.5. The van der Waals surface area contributed by atoms with Gasteiger partial charge in [0.1, 0.15) is 0 Å². The number of nitrogens with zero attached hydrogens (tertiary/aromatic N) is 4. The number of hydrogen-bond donors (Lipinski definition) is 0. The topological polar surface area (TPSA) is 13.0 Å². The first-order chi connectivity index (χ1) is 31.8. The van der Waals surface area contributed by atoms with Crippen LogP contribution in [0.15, 0.2) is 230 Å². The lowest BCUT2D eigenvalue weighted by Crippen LogP contribution is -2.43. The summed E-state index contributed by atoms with van der Waals surface area (Å²) in [5, 5.41) is 0. The van der Waals surface area contributed by atoms with Crippen LogP contribution in [0.3, 0.4) is 0 Å². The summed E-state index contributed by atoms with van der Waals surface area (Å²) < 4.78 is 0. The number of para-hydroxylation sites is 2. The number of hydrogen-bond acceptors (Lipinski definition) is 4. The van der Waals surface area contributed by atoms with Crippen molar-refractivity contribution < 1.29 is 0 Å². The van der Waals surface area contributed by atoms with Crippen LogP contribution in [0.25, 0.3) is 0 Å². The van der Waals surface area contributed by atoms with Gasteiger partial charge < -0.3 is 19.6 Å². The SMILES string of the molecule is C1=CCC(N(c2ccccc2)c2ccc(N(C3=CCC(C4C=CC(N(c5ccc(N(C6C=CCCC6)C6CC=CCC6)cc5)[C@@H]5C=CC=CC5)=CC4)C=C3)c3ccccc3)cc2)C=C1. The van der Waals surface area contributed by atoms with E-state index in [1.165, 1.54) is 71.9 Å². The smallest absolute Gasteiger partial charge is 0.0559 e. The molecular formula is C60H62N4. The maximum atomic E-state index is 2.74. The zero-order valence-electron chi connectivity index (χ0n) is 37.1. The number of benzene rings is 4. The van der Waals surface area contributed by atoms with Gasteiger partial charge in [-0.15, -0.1) is 0 Å². The standard InChI is InChI=1S/C60H62N4/c1-7-19-49(20-8-1)61(50-21-9-2-10-22-50)57-39-43-59(44-40-57)63(53-27-15-5-16-28-53)55-35-31-47(32-36-55)48-33-37-56(38-34-48)64(54-29-17-6-18-30-54)60-45-41-58(42-46-60)62(51-23-11-3-12-24-51)52-25-13-4-14-26-52/h1-3,5-11,13,15-21,25,27-29,31,33,35-48,50-52,54H,4,12,14,22-24,26,30,32,34H2/t47?,48?,50?,51?,52?,54-/m1/s1. The highest BCUT2D eigenvalue weighted by atomic mass is 15.2. The fraction of sp³-hybridized carbons (Fsp3) is 0.267. The van der Waals surface area contributed by atoms with Gasteiger partial charge in [-0.3, -0.25) is 0 Å². The molecule has 4 aromatic rings. The molecule has 4 nitrogen and oxygen atoms in total. The van der Waals surface area contributed by atoms with Crippen LogP contribution < -0.4 is 19.6 Å². The van der Waals surface area contributed by atoms with Crippen molar-refractivity contribution in [2.45, 2.75) is 88.4 Å². The van der Waals surface area contributed by atoms with Gasteiger partial charge in [-0.1, -0.05) is 134 Å². The van der Waals surface area contributed by atoms with Crippen LogP contribution in [0.1, 0.15) is 64.2 Å². The molecule has 6 aliphatic carbocycles. The molecule has 0 aliphatic heterocycles. The number of rotatable bonds is 13. The lowest BCUT2D eigenvalue weighted by Gasteiger charge is -2.41. The minimum absolute atomic E-state index is 0.268. The van der Waals surface area contributed by atoms with Gasteiger partial charge in [0.15, 0.2) is 0 Å². The maximum Gasteiger partial charge on any atom is 0.0559 e. The van der Waals surface area contributed by atoms with Crippen molar-refractivity contribution in [3.8, 4) is 0 Å². The number of allylic oxidation sites excluding steroid dienone is 12. The van der Waals surface area contributed by atoms with Gasteiger partial charge in [0, 0.05) is 57.6 Å². The van der Waals surface area contributed by atoms with Crippen LogP contribution in [0.5, 0.6) is 0 Å². The fourth-order valence-corrected chi connectivity index (χ4v) is 10.7. The third-order valence-electron chi connectivity index (χ3n) is 14.0. The molecule has 4 heteroatoms. The molecule has 0 heterocycles. The molecule has 10 rings (SSSR count). The first-order valence-electron chi connectivity index (χ1n) is 24.0. The second-order valence-electron chi connectivity index (χ2n) is 18.1. The second kappa shape index (κ2) is 19.9. The van der Waals surface area contributed by atoms with Crippen LogP contribution in [-0.4, -0.2) is 24.2 Å². The minimum Gasteiger partial charge on any atom is -0.362 e. The first-order valence-corrected chi connectivity index (χ1v) is 24.0. The summed E-state index contributed by atoms with van der Waals surface area (Å²) in [4.78, 5) is 10.2. The first kappa shape index (κ1) is 41.5. The van der Waals surface area contributed by atoms with Gasteiger partial charge in [0.2, 0.25) is 0 Å². The summed E-state index contributed by atoms with van der Waals surface area (Å²) in [6.45, 7) is 0.